The van der Waals surface area contributed by atoms with Crippen LogP contribution >= 0.6 is 0 Å². The van der Waals surface area contributed by atoms with Crippen molar-refractivity contribution in [3.63, 3.8) is 0 Å². The third-order valence-corrected chi connectivity index (χ3v) is 3.77. The number of aromatic nitrogens is 4. The predicted octanol–water partition coefficient (Wildman–Crippen LogP) is 3.89. The zero-order valence-corrected chi connectivity index (χ0v) is 12.3. The lowest BCUT2D eigenvalue weighted by atomic mass is 10.1. The second-order valence-corrected chi connectivity index (χ2v) is 5.39. The summed E-state index contributed by atoms with van der Waals surface area (Å²) in [7, 11) is 0. The largest absolute Gasteiger partial charge is 0.452 e. The summed E-state index contributed by atoms with van der Waals surface area (Å²) in [5, 5.41) is 7.13. The zero-order chi connectivity index (χ0) is 16.7. The second kappa shape index (κ2) is 5.30. The molecule has 0 amide bonds. The normalized spacial score (nSPS) is 12.1. The first-order valence-electron chi connectivity index (χ1n) is 7.28. The van der Waals surface area contributed by atoms with Gasteiger partial charge in [0.05, 0.1) is 16.7 Å². The lowest BCUT2D eigenvalue weighted by Crippen LogP contribution is -2.12. The van der Waals surface area contributed by atoms with Crippen LogP contribution < -0.4 is 0 Å². The Balaban J connectivity index is 2.02. The van der Waals surface area contributed by atoms with E-state index in [1.165, 1.54) is 0 Å². The maximum atomic E-state index is 13.3. The van der Waals surface area contributed by atoms with Crippen molar-refractivity contribution in [3.8, 4) is 0 Å². The van der Waals surface area contributed by atoms with Crippen LogP contribution in [0.5, 0.6) is 0 Å². The quantitative estimate of drug-likeness (QED) is 0.561. The first-order chi connectivity index (χ1) is 11.5. The summed E-state index contributed by atoms with van der Waals surface area (Å²) in [4.78, 5) is 4.50. The molecule has 0 unspecified atom stereocenters. The Morgan fingerprint density at radius 2 is 1.58 bits per heavy atom. The number of rotatable bonds is 2. The van der Waals surface area contributed by atoms with E-state index in [4.69, 9.17) is 0 Å². The summed E-state index contributed by atoms with van der Waals surface area (Å²) in [6.45, 7) is 0. The van der Waals surface area contributed by atoms with Gasteiger partial charge in [0.2, 0.25) is 5.82 Å². The van der Waals surface area contributed by atoms with Gasteiger partial charge in [-0.05, 0) is 17.7 Å². The van der Waals surface area contributed by atoms with Gasteiger partial charge < -0.3 is 0 Å². The molecule has 4 rings (SSSR count). The van der Waals surface area contributed by atoms with Gasteiger partial charge in [0.25, 0.3) is 0 Å². The molecule has 4 aromatic rings. The number of nitrogens with zero attached hydrogens (tertiary/aromatic N) is 4. The molecule has 0 bridgehead atoms. The Bertz CT molecular complexity index is 1020. The molecule has 120 valence electrons. The molecule has 0 saturated heterocycles. The van der Waals surface area contributed by atoms with Gasteiger partial charge in [-0.15, -0.1) is 10.2 Å². The topological polar surface area (TPSA) is 43.1 Å². The molecule has 0 N–H and O–H groups in total. The second-order valence-electron chi connectivity index (χ2n) is 5.39. The van der Waals surface area contributed by atoms with E-state index >= 15 is 0 Å². The molecular formula is C17H11F3N4. The number of hydrogen-bond acceptors (Lipinski definition) is 3. The number of benzene rings is 2. The Morgan fingerprint density at radius 3 is 2.33 bits per heavy atom. The van der Waals surface area contributed by atoms with E-state index in [1.54, 1.807) is 24.3 Å². The summed E-state index contributed by atoms with van der Waals surface area (Å²) in [6, 6.07) is 16.1. The van der Waals surface area contributed by atoms with E-state index in [0.29, 0.717) is 23.1 Å². The van der Waals surface area contributed by atoms with Gasteiger partial charge in [0.15, 0.2) is 5.65 Å². The average molecular weight is 328 g/mol. The SMILES string of the molecule is FC(F)(F)c1nnc2c(Cc3ccccc3)nc3ccccc3n12. The van der Waals surface area contributed by atoms with Crippen LogP contribution in [0.2, 0.25) is 0 Å². The maximum Gasteiger partial charge on any atom is 0.452 e. The van der Waals surface area contributed by atoms with E-state index in [2.05, 4.69) is 15.2 Å². The highest BCUT2D eigenvalue weighted by molar-refractivity contribution is 5.78. The van der Waals surface area contributed by atoms with Crippen LogP contribution in [0.25, 0.3) is 16.7 Å². The fourth-order valence-corrected chi connectivity index (χ4v) is 2.73. The highest BCUT2D eigenvalue weighted by atomic mass is 19.4. The van der Waals surface area contributed by atoms with Crippen LogP contribution in [0.1, 0.15) is 17.1 Å². The van der Waals surface area contributed by atoms with Crippen molar-refractivity contribution in [1.29, 1.82) is 0 Å². The van der Waals surface area contributed by atoms with E-state index in [1.807, 2.05) is 30.3 Å². The van der Waals surface area contributed by atoms with Crippen LogP contribution in [-0.4, -0.2) is 19.6 Å². The highest BCUT2D eigenvalue weighted by Crippen LogP contribution is 2.31. The lowest BCUT2D eigenvalue weighted by molar-refractivity contribution is -0.145. The number of hydrogen-bond donors (Lipinski definition) is 0. The van der Waals surface area contributed by atoms with Gasteiger partial charge in [0, 0.05) is 6.42 Å². The van der Waals surface area contributed by atoms with Crippen molar-refractivity contribution in [1.82, 2.24) is 19.6 Å². The molecule has 0 aliphatic heterocycles. The van der Waals surface area contributed by atoms with Crippen LogP contribution in [0, 0.1) is 0 Å². The molecule has 0 saturated carbocycles. The number of fused-ring (bicyclic) bond motifs is 3. The van der Waals surface area contributed by atoms with E-state index in [-0.39, 0.29) is 5.65 Å². The monoisotopic (exact) mass is 328 g/mol. The summed E-state index contributed by atoms with van der Waals surface area (Å²) in [6.07, 6.45) is -4.21. The van der Waals surface area contributed by atoms with Crippen molar-refractivity contribution in [2.75, 3.05) is 0 Å². The summed E-state index contributed by atoms with van der Waals surface area (Å²) in [5.74, 6) is -1.04. The fraction of sp³-hybridized carbons (Fsp3) is 0.118. The smallest absolute Gasteiger partial charge is 0.268 e. The number of halogens is 3. The average Bonchev–Trinajstić information content (AvgIpc) is 3.02. The zero-order valence-electron chi connectivity index (χ0n) is 12.3. The Labute approximate surface area is 134 Å². The van der Waals surface area contributed by atoms with Crippen molar-refractivity contribution < 1.29 is 13.2 Å². The van der Waals surface area contributed by atoms with E-state index in [9.17, 15) is 13.2 Å². The van der Waals surface area contributed by atoms with E-state index in [0.717, 1.165) is 9.96 Å². The summed E-state index contributed by atoms with van der Waals surface area (Å²) < 4.78 is 40.9. The van der Waals surface area contributed by atoms with Crippen molar-refractivity contribution >= 4 is 16.7 Å². The first-order valence-corrected chi connectivity index (χ1v) is 7.28. The van der Waals surface area contributed by atoms with Crippen LogP contribution in [0.3, 0.4) is 0 Å². The van der Waals surface area contributed by atoms with Crippen LogP contribution in [0.4, 0.5) is 13.2 Å². The van der Waals surface area contributed by atoms with Crippen LogP contribution in [0.15, 0.2) is 54.6 Å². The molecule has 0 aliphatic carbocycles. The van der Waals surface area contributed by atoms with Gasteiger partial charge in [-0.3, -0.25) is 4.40 Å². The molecule has 2 heterocycles. The standard InChI is InChI=1S/C17H11F3N4/c18-17(19,20)16-23-22-15-13(10-11-6-2-1-3-7-11)21-12-8-4-5-9-14(12)24(15)16/h1-9H,10H2. The van der Waals surface area contributed by atoms with Gasteiger partial charge in [-0.2, -0.15) is 13.2 Å². The highest BCUT2D eigenvalue weighted by Gasteiger charge is 2.38. The Hall–Kier alpha value is -2.96. The third kappa shape index (κ3) is 2.38. The number of para-hydroxylation sites is 2. The molecule has 7 heteroatoms. The summed E-state index contributed by atoms with van der Waals surface area (Å²) >= 11 is 0. The van der Waals surface area contributed by atoms with Gasteiger partial charge in [-0.25, -0.2) is 4.98 Å². The first kappa shape index (κ1) is 14.6. The minimum Gasteiger partial charge on any atom is -0.268 e. The van der Waals surface area contributed by atoms with Crippen molar-refractivity contribution in [2.45, 2.75) is 12.6 Å². The molecule has 0 aliphatic rings. The molecule has 2 aromatic heterocycles. The van der Waals surface area contributed by atoms with Gasteiger partial charge in [0.1, 0.15) is 0 Å². The molecule has 0 radical (unpaired) electrons. The predicted molar refractivity (Wildman–Crippen MR) is 82.5 cm³/mol. The Morgan fingerprint density at radius 1 is 0.875 bits per heavy atom. The molecule has 0 spiro atoms. The third-order valence-electron chi connectivity index (χ3n) is 3.77. The van der Waals surface area contributed by atoms with Gasteiger partial charge >= 0.3 is 6.18 Å². The maximum absolute atomic E-state index is 13.3. The molecule has 4 nitrogen and oxygen atoms in total. The molecule has 2 aromatic carbocycles. The Kier molecular flexibility index (Phi) is 3.23. The minimum absolute atomic E-state index is 0.130. The van der Waals surface area contributed by atoms with Crippen molar-refractivity contribution in [2.24, 2.45) is 0 Å². The van der Waals surface area contributed by atoms with Crippen molar-refractivity contribution in [3.05, 3.63) is 71.7 Å². The molecular weight excluding hydrogens is 317 g/mol. The minimum atomic E-state index is -4.59. The van der Waals surface area contributed by atoms with Gasteiger partial charge in [-0.1, -0.05) is 42.5 Å². The molecule has 24 heavy (non-hydrogen) atoms. The lowest BCUT2D eigenvalue weighted by Gasteiger charge is -2.10. The number of alkyl halides is 3. The van der Waals surface area contributed by atoms with Crippen LogP contribution in [-0.2, 0) is 12.6 Å². The van der Waals surface area contributed by atoms with E-state index < -0.39 is 12.0 Å². The molecule has 0 atom stereocenters. The fourth-order valence-electron chi connectivity index (χ4n) is 2.73. The summed E-state index contributed by atoms with van der Waals surface area (Å²) in [5.41, 5.74) is 2.34. The molecule has 0 fully saturated rings.